The zero-order chi connectivity index (χ0) is 10.7. The Kier molecular flexibility index (Phi) is 3.68. The summed E-state index contributed by atoms with van der Waals surface area (Å²) in [5.74, 6) is 0.236. The second-order valence-corrected chi connectivity index (χ2v) is 3.08. The topological polar surface area (TPSA) is 55.8 Å². The largest absolute Gasteiger partial charge is 0.507 e. The van der Waals surface area contributed by atoms with E-state index in [0.717, 1.165) is 0 Å². The van der Waals surface area contributed by atoms with Gasteiger partial charge in [-0.2, -0.15) is 0 Å². The van der Waals surface area contributed by atoms with Gasteiger partial charge in [-0.05, 0) is 6.92 Å². The standard InChI is InChI=1S/C8H10O4P2/c1-4(9)8-6(10)2-5(11-13)3-7(8)12-14/h2-3,10H,13-14H2,1H3. The molecule has 1 N–H and O–H groups in total. The molecule has 2 unspecified atom stereocenters. The highest BCUT2D eigenvalue weighted by Gasteiger charge is 2.15. The lowest BCUT2D eigenvalue weighted by Gasteiger charge is -2.09. The van der Waals surface area contributed by atoms with Crippen LogP contribution in [0.4, 0.5) is 0 Å². The highest BCUT2D eigenvalue weighted by atomic mass is 31.0. The van der Waals surface area contributed by atoms with Gasteiger partial charge < -0.3 is 14.2 Å². The van der Waals surface area contributed by atoms with E-state index in [1.165, 1.54) is 19.1 Å². The number of carbonyl (C=O) groups is 1. The summed E-state index contributed by atoms with van der Waals surface area (Å²) in [7, 11) is 4.05. The minimum atomic E-state index is -0.268. The molecule has 0 fully saturated rings. The van der Waals surface area contributed by atoms with Gasteiger partial charge in [0.05, 0.1) is 18.9 Å². The first-order valence-corrected chi connectivity index (χ1v) is 4.65. The second kappa shape index (κ2) is 4.59. The van der Waals surface area contributed by atoms with Gasteiger partial charge >= 0.3 is 0 Å². The lowest BCUT2D eigenvalue weighted by molar-refractivity contribution is 0.101. The molecule has 6 heteroatoms. The molecule has 0 aromatic heterocycles. The third kappa shape index (κ3) is 2.14. The van der Waals surface area contributed by atoms with Gasteiger partial charge in [0.2, 0.25) is 0 Å². The molecule has 0 aliphatic carbocycles. The third-order valence-electron chi connectivity index (χ3n) is 1.67. The number of aromatic hydroxyl groups is 1. The van der Waals surface area contributed by atoms with E-state index in [9.17, 15) is 9.90 Å². The van der Waals surface area contributed by atoms with Gasteiger partial charge in [0.25, 0.3) is 0 Å². The molecule has 76 valence electrons. The van der Waals surface area contributed by atoms with Crippen molar-refractivity contribution in [1.82, 2.24) is 0 Å². The molecule has 0 heterocycles. The van der Waals surface area contributed by atoms with Crippen molar-refractivity contribution in [1.29, 1.82) is 0 Å². The first-order chi connectivity index (χ1) is 6.60. The summed E-state index contributed by atoms with van der Waals surface area (Å²) in [6.07, 6.45) is 0. The Morgan fingerprint density at radius 3 is 2.43 bits per heavy atom. The van der Waals surface area contributed by atoms with E-state index in [-0.39, 0.29) is 22.8 Å². The number of benzene rings is 1. The van der Waals surface area contributed by atoms with Crippen LogP contribution in [-0.2, 0) is 0 Å². The molecule has 0 spiro atoms. The average molecular weight is 232 g/mol. The number of rotatable bonds is 3. The van der Waals surface area contributed by atoms with Crippen molar-refractivity contribution < 1.29 is 18.9 Å². The lowest BCUT2D eigenvalue weighted by atomic mass is 10.1. The second-order valence-electron chi connectivity index (χ2n) is 2.61. The predicted molar refractivity (Wildman–Crippen MR) is 58.8 cm³/mol. The summed E-state index contributed by atoms with van der Waals surface area (Å²) in [5.41, 5.74) is 0.144. The van der Waals surface area contributed by atoms with Crippen LogP contribution in [0.3, 0.4) is 0 Å². The number of hydrogen-bond acceptors (Lipinski definition) is 4. The number of ketones is 1. The molecule has 0 bridgehead atoms. The SMILES string of the molecule is CC(=O)c1c(O)cc(OP)cc1OP. The van der Waals surface area contributed by atoms with E-state index >= 15 is 0 Å². The van der Waals surface area contributed by atoms with Crippen molar-refractivity contribution in [3.05, 3.63) is 17.7 Å². The van der Waals surface area contributed by atoms with Crippen molar-refractivity contribution >= 4 is 24.7 Å². The van der Waals surface area contributed by atoms with E-state index in [1.807, 2.05) is 18.9 Å². The summed E-state index contributed by atoms with van der Waals surface area (Å²) in [5, 5.41) is 9.51. The molecule has 1 rings (SSSR count). The molecule has 0 aliphatic heterocycles. The Bertz CT molecular complexity index is 365. The summed E-state index contributed by atoms with van der Waals surface area (Å²) in [6, 6.07) is 2.85. The van der Waals surface area contributed by atoms with Gasteiger partial charge in [0.15, 0.2) is 5.78 Å². The summed E-state index contributed by atoms with van der Waals surface area (Å²) < 4.78 is 9.70. The fourth-order valence-electron chi connectivity index (χ4n) is 1.09. The maximum absolute atomic E-state index is 11.2. The van der Waals surface area contributed by atoms with Crippen LogP contribution in [0, 0.1) is 0 Å². The molecular weight excluding hydrogens is 222 g/mol. The molecule has 0 amide bonds. The smallest absolute Gasteiger partial charge is 0.167 e. The van der Waals surface area contributed by atoms with Crippen LogP contribution < -0.4 is 9.05 Å². The summed E-state index contributed by atoms with van der Waals surface area (Å²) in [6.45, 7) is 1.35. The number of phenolic OH excluding ortho intramolecular Hbond substituents is 1. The van der Waals surface area contributed by atoms with E-state index in [0.29, 0.717) is 5.75 Å². The maximum atomic E-state index is 11.2. The minimum Gasteiger partial charge on any atom is -0.507 e. The van der Waals surface area contributed by atoms with Crippen molar-refractivity contribution in [2.45, 2.75) is 6.92 Å². The van der Waals surface area contributed by atoms with Gasteiger partial charge in [-0.25, -0.2) is 0 Å². The minimum absolute atomic E-state index is 0.144. The summed E-state index contributed by atoms with van der Waals surface area (Å²) >= 11 is 0. The average Bonchev–Trinajstić information content (AvgIpc) is 2.15. The third-order valence-corrected chi connectivity index (χ3v) is 2.20. The highest BCUT2D eigenvalue weighted by Crippen LogP contribution is 2.35. The van der Waals surface area contributed by atoms with Crippen molar-refractivity contribution in [3.63, 3.8) is 0 Å². The zero-order valence-electron chi connectivity index (χ0n) is 7.48. The Hall–Kier alpha value is -0.850. The Morgan fingerprint density at radius 2 is 2.00 bits per heavy atom. The fraction of sp³-hybridized carbons (Fsp3) is 0.125. The van der Waals surface area contributed by atoms with Crippen LogP contribution in [0.5, 0.6) is 17.2 Å². The Balaban J connectivity index is 3.34. The van der Waals surface area contributed by atoms with Crippen molar-refractivity contribution in [2.75, 3.05) is 0 Å². The van der Waals surface area contributed by atoms with Gasteiger partial charge in [-0.3, -0.25) is 4.79 Å². The first-order valence-electron chi connectivity index (χ1n) is 3.71. The van der Waals surface area contributed by atoms with E-state index < -0.39 is 0 Å². The molecule has 1 aromatic carbocycles. The number of phenols is 1. The normalized spacial score (nSPS) is 9.64. The van der Waals surface area contributed by atoms with Crippen LogP contribution >= 0.6 is 18.9 Å². The first kappa shape index (κ1) is 11.2. The molecule has 0 radical (unpaired) electrons. The molecule has 0 saturated carbocycles. The van der Waals surface area contributed by atoms with E-state index in [4.69, 9.17) is 9.05 Å². The molecule has 14 heavy (non-hydrogen) atoms. The fourth-order valence-corrected chi connectivity index (χ4v) is 1.41. The Labute approximate surface area is 86.2 Å². The highest BCUT2D eigenvalue weighted by molar-refractivity contribution is 7.10. The molecule has 0 saturated heterocycles. The predicted octanol–water partition coefficient (Wildman–Crippen LogP) is 1.93. The molecule has 1 aromatic rings. The monoisotopic (exact) mass is 232 g/mol. The van der Waals surface area contributed by atoms with Crippen molar-refractivity contribution in [2.24, 2.45) is 0 Å². The number of Topliss-reactive ketones (excluding diaryl/α,β-unsaturated/α-hetero) is 1. The van der Waals surface area contributed by atoms with Gasteiger partial charge in [-0.1, -0.05) is 0 Å². The van der Waals surface area contributed by atoms with Crippen LogP contribution in [0.1, 0.15) is 17.3 Å². The molecule has 4 nitrogen and oxygen atoms in total. The quantitative estimate of drug-likeness (QED) is 0.639. The Morgan fingerprint density at radius 1 is 1.36 bits per heavy atom. The lowest BCUT2D eigenvalue weighted by Crippen LogP contribution is -1.96. The molecule has 0 aliphatic rings. The van der Waals surface area contributed by atoms with Crippen LogP contribution in [-0.4, -0.2) is 10.9 Å². The van der Waals surface area contributed by atoms with Crippen LogP contribution in [0.15, 0.2) is 12.1 Å². The molecular formula is C8H10O4P2. The summed E-state index contributed by atoms with van der Waals surface area (Å²) in [4.78, 5) is 11.2. The van der Waals surface area contributed by atoms with Gasteiger partial charge in [0.1, 0.15) is 22.8 Å². The van der Waals surface area contributed by atoms with Crippen molar-refractivity contribution in [3.8, 4) is 17.2 Å². The number of carbonyl (C=O) groups excluding carboxylic acids is 1. The van der Waals surface area contributed by atoms with Gasteiger partial charge in [-0.15, -0.1) is 0 Å². The molecule has 2 atom stereocenters. The van der Waals surface area contributed by atoms with E-state index in [1.54, 1.807) is 0 Å². The zero-order valence-corrected chi connectivity index (χ0v) is 9.79. The van der Waals surface area contributed by atoms with Crippen LogP contribution in [0.25, 0.3) is 0 Å². The van der Waals surface area contributed by atoms with Crippen LogP contribution in [0.2, 0.25) is 0 Å². The van der Waals surface area contributed by atoms with E-state index in [2.05, 4.69) is 0 Å². The van der Waals surface area contributed by atoms with Gasteiger partial charge in [0, 0.05) is 12.1 Å². The maximum Gasteiger partial charge on any atom is 0.167 e. The number of hydrogen-bond donors (Lipinski definition) is 1.